The highest BCUT2D eigenvalue weighted by molar-refractivity contribution is 7.71. The summed E-state index contributed by atoms with van der Waals surface area (Å²) in [5.74, 6) is 0.735. The normalized spacial score (nSPS) is 18.6. The van der Waals surface area contributed by atoms with Gasteiger partial charge in [-0.1, -0.05) is 18.2 Å². The molecule has 0 radical (unpaired) electrons. The first kappa shape index (κ1) is 13.4. The molecule has 3 heterocycles. The zero-order chi connectivity index (χ0) is 14.9. The van der Waals surface area contributed by atoms with Crippen molar-refractivity contribution in [2.45, 2.75) is 18.9 Å². The molecule has 0 saturated carbocycles. The number of para-hydroxylation sites is 1. The molecule has 0 spiro atoms. The van der Waals surface area contributed by atoms with Gasteiger partial charge in [-0.3, -0.25) is 5.10 Å². The lowest BCUT2D eigenvalue weighted by Crippen LogP contribution is -2.05. The first-order valence-electron chi connectivity index (χ1n) is 7.22. The van der Waals surface area contributed by atoms with E-state index in [1.54, 1.807) is 10.9 Å². The highest BCUT2D eigenvalue weighted by atomic mass is 32.1. The van der Waals surface area contributed by atoms with Gasteiger partial charge in [0, 0.05) is 29.3 Å². The summed E-state index contributed by atoms with van der Waals surface area (Å²) in [6, 6.07) is 8.10. The molecule has 2 N–H and O–H groups in total. The third kappa shape index (κ3) is 2.28. The Kier molecular flexibility index (Phi) is 3.36. The number of benzene rings is 1. The van der Waals surface area contributed by atoms with Gasteiger partial charge in [-0.25, -0.2) is 0 Å². The molecule has 2 aromatic heterocycles. The largest absolute Gasteiger partial charge is 0.370 e. The van der Waals surface area contributed by atoms with Crippen LogP contribution in [0.25, 0.3) is 10.9 Å². The van der Waals surface area contributed by atoms with Gasteiger partial charge in [0.05, 0.1) is 6.21 Å². The van der Waals surface area contributed by atoms with E-state index < -0.39 is 0 Å². The van der Waals surface area contributed by atoms with Crippen LogP contribution in [0.1, 0.15) is 30.3 Å². The van der Waals surface area contributed by atoms with Crippen LogP contribution in [-0.4, -0.2) is 32.7 Å². The van der Waals surface area contributed by atoms with E-state index in [0.717, 1.165) is 41.7 Å². The summed E-state index contributed by atoms with van der Waals surface area (Å²) >= 11 is 5.27. The van der Waals surface area contributed by atoms with Crippen LogP contribution in [0.15, 0.2) is 35.6 Å². The summed E-state index contributed by atoms with van der Waals surface area (Å²) < 4.78 is 7.79. The summed E-state index contributed by atoms with van der Waals surface area (Å²) in [7, 11) is 0. The number of ether oxygens (including phenoxy) is 1. The van der Waals surface area contributed by atoms with Gasteiger partial charge in [0.2, 0.25) is 4.77 Å². The van der Waals surface area contributed by atoms with E-state index in [2.05, 4.69) is 26.3 Å². The van der Waals surface area contributed by atoms with Gasteiger partial charge in [-0.15, -0.1) is 0 Å². The van der Waals surface area contributed by atoms with Crippen molar-refractivity contribution in [1.82, 2.24) is 19.9 Å². The molecule has 22 heavy (non-hydrogen) atoms. The van der Waals surface area contributed by atoms with E-state index in [0.29, 0.717) is 4.77 Å². The van der Waals surface area contributed by atoms with Crippen molar-refractivity contribution in [3.8, 4) is 0 Å². The van der Waals surface area contributed by atoms with Crippen LogP contribution in [0.3, 0.4) is 0 Å². The maximum atomic E-state index is 5.67. The smallest absolute Gasteiger partial charge is 0.216 e. The molecule has 6 nitrogen and oxygen atoms in total. The van der Waals surface area contributed by atoms with Crippen molar-refractivity contribution in [2.75, 3.05) is 6.61 Å². The average Bonchev–Trinajstić information content (AvgIpc) is 3.25. The second-order valence-corrected chi connectivity index (χ2v) is 5.62. The minimum absolute atomic E-state index is 0.0342. The Bertz CT molecular complexity index is 885. The van der Waals surface area contributed by atoms with Gasteiger partial charge in [0.25, 0.3) is 0 Å². The standard InChI is InChI=1S/C15H15N5OS/c22-15-19-18-14(13-6-3-7-21-13)20(15)17-9-10-8-16-12-5-2-1-4-11(10)12/h1-2,4-5,8-9,13,16H,3,6-7H2,(H,19,22)/b17-9+/t13-/m1/s1. The predicted octanol–water partition coefficient (Wildman–Crippen LogP) is 3.16. The quantitative estimate of drug-likeness (QED) is 0.576. The lowest BCUT2D eigenvalue weighted by molar-refractivity contribution is 0.102. The summed E-state index contributed by atoms with van der Waals surface area (Å²) in [6.07, 6.45) is 5.68. The van der Waals surface area contributed by atoms with Crippen molar-refractivity contribution in [1.29, 1.82) is 0 Å². The zero-order valence-corrected chi connectivity index (χ0v) is 12.6. The lowest BCUT2D eigenvalue weighted by atomic mass is 10.2. The number of aromatic nitrogens is 4. The number of nitrogens with zero attached hydrogens (tertiary/aromatic N) is 3. The molecule has 0 bridgehead atoms. The van der Waals surface area contributed by atoms with Crippen molar-refractivity contribution >= 4 is 29.3 Å². The maximum Gasteiger partial charge on any atom is 0.216 e. The highest BCUT2D eigenvalue weighted by Crippen LogP contribution is 2.27. The van der Waals surface area contributed by atoms with Crippen LogP contribution in [-0.2, 0) is 4.74 Å². The Morgan fingerprint density at radius 3 is 3.18 bits per heavy atom. The maximum absolute atomic E-state index is 5.67. The molecular weight excluding hydrogens is 298 g/mol. The van der Waals surface area contributed by atoms with Gasteiger partial charge in [-0.05, 0) is 31.1 Å². The fourth-order valence-electron chi connectivity index (χ4n) is 2.73. The van der Waals surface area contributed by atoms with Gasteiger partial charge in [-0.2, -0.15) is 14.9 Å². The van der Waals surface area contributed by atoms with Crippen molar-refractivity contribution in [2.24, 2.45) is 5.10 Å². The van der Waals surface area contributed by atoms with Crippen LogP contribution in [0.5, 0.6) is 0 Å². The fourth-order valence-corrected chi connectivity index (χ4v) is 2.91. The molecule has 0 unspecified atom stereocenters. The van der Waals surface area contributed by atoms with Crippen LogP contribution in [0.4, 0.5) is 0 Å². The predicted molar refractivity (Wildman–Crippen MR) is 86.6 cm³/mol. The number of aromatic amines is 2. The second-order valence-electron chi connectivity index (χ2n) is 5.23. The molecule has 1 aromatic carbocycles. The molecule has 0 amide bonds. The average molecular weight is 313 g/mol. The monoisotopic (exact) mass is 313 g/mol. The number of hydrogen-bond acceptors (Lipinski definition) is 4. The van der Waals surface area contributed by atoms with E-state index in [9.17, 15) is 0 Å². The highest BCUT2D eigenvalue weighted by Gasteiger charge is 2.23. The number of nitrogens with one attached hydrogen (secondary N) is 2. The minimum atomic E-state index is -0.0342. The van der Waals surface area contributed by atoms with Crippen LogP contribution < -0.4 is 0 Å². The number of H-pyrrole nitrogens is 2. The molecule has 1 aliphatic heterocycles. The van der Waals surface area contributed by atoms with Crippen LogP contribution >= 0.6 is 12.2 Å². The molecule has 1 fully saturated rings. The second kappa shape index (κ2) is 5.51. The first-order chi connectivity index (χ1) is 10.8. The molecule has 1 saturated heterocycles. The molecule has 1 atom stereocenters. The lowest BCUT2D eigenvalue weighted by Gasteiger charge is -2.07. The molecule has 7 heteroatoms. The van der Waals surface area contributed by atoms with Crippen LogP contribution in [0, 0.1) is 4.77 Å². The number of rotatable bonds is 3. The molecule has 1 aliphatic rings. The topological polar surface area (TPSA) is 71.0 Å². The Balaban J connectivity index is 1.71. The SMILES string of the molecule is S=c1[nH]nc([C@H]2CCCO2)n1/N=C/c1c[nH]c2ccccc12. The third-order valence-corrected chi connectivity index (χ3v) is 4.09. The van der Waals surface area contributed by atoms with Gasteiger partial charge >= 0.3 is 0 Å². The zero-order valence-electron chi connectivity index (χ0n) is 11.8. The summed E-state index contributed by atoms with van der Waals surface area (Å²) in [5.41, 5.74) is 2.09. The Morgan fingerprint density at radius 2 is 2.32 bits per heavy atom. The Morgan fingerprint density at radius 1 is 1.41 bits per heavy atom. The number of hydrogen-bond donors (Lipinski definition) is 2. The van der Waals surface area contributed by atoms with Crippen LogP contribution in [0.2, 0.25) is 0 Å². The molecule has 3 aromatic rings. The number of fused-ring (bicyclic) bond motifs is 1. The molecule has 4 rings (SSSR count). The van der Waals surface area contributed by atoms with Crippen molar-refractivity contribution < 1.29 is 4.74 Å². The van der Waals surface area contributed by atoms with Crippen molar-refractivity contribution in [3.63, 3.8) is 0 Å². The molecule has 112 valence electrons. The van der Waals surface area contributed by atoms with Gasteiger partial charge in [0.1, 0.15) is 6.10 Å². The fraction of sp³-hybridized carbons (Fsp3) is 0.267. The third-order valence-electron chi connectivity index (χ3n) is 3.83. The Labute approximate surface area is 131 Å². The van der Waals surface area contributed by atoms with E-state index in [1.165, 1.54) is 0 Å². The molecule has 0 aliphatic carbocycles. The first-order valence-corrected chi connectivity index (χ1v) is 7.63. The van der Waals surface area contributed by atoms with Crippen molar-refractivity contribution in [3.05, 3.63) is 46.6 Å². The van der Waals surface area contributed by atoms with E-state index in [4.69, 9.17) is 17.0 Å². The summed E-state index contributed by atoms with van der Waals surface area (Å²) in [4.78, 5) is 3.23. The summed E-state index contributed by atoms with van der Waals surface area (Å²) in [6.45, 7) is 0.760. The van der Waals surface area contributed by atoms with E-state index in [1.807, 2.05) is 24.4 Å². The van der Waals surface area contributed by atoms with E-state index in [-0.39, 0.29) is 6.10 Å². The Hall–Kier alpha value is -2.25. The van der Waals surface area contributed by atoms with E-state index >= 15 is 0 Å². The summed E-state index contributed by atoms with van der Waals surface area (Å²) in [5, 5.41) is 12.7. The van der Waals surface area contributed by atoms with Gasteiger partial charge in [0.15, 0.2) is 5.82 Å². The molecular formula is C15H15N5OS. The van der Waals surface area contributed by atoms with Gasteiger partial charge < -0.3 is 9.72 Å². The minimum Gasteiger partial charge on any atom is -0.370 e.